The smallest absolute Gasteiger partial charge is 0.247 e. The molecule has 4 heteroatoms. The third-order valence-corrected chi connectivity index (χ3v) is 5.00. The molecule has 0 spiro atoms. The van der Waals surface area contributed by atoms with E-state index in [0.29, 0.717) is 5.56 Å². The summed E-state index contributed by atoms with van der Waals surface area (Å²) in [5, 5.41) is 8.87. The number of rotatable bonds is 3. The van der Waals surface area contributed by atoms with Gasteiger partial charge in [-0.05, 0) is 69.5 Å². The van der Waals surface area contributed by atoms with Gasteiger partial charge < -0.3 is 0 Å². The minimum atomic E-state index is -0.518. The molecule has 3 rings (SSSR count). The first-order chi connectivity index (χ1) is 12.7. The van der Waals surface area contributed by atoms with Crippen LogP contribution in [-0.4, -0.2) is 11.1 Å². The van der Waals surface area contributed by atoms with E-state index >= 15 is 0 Å². The molecule has 1 amide bonds. The number of carbonyl (C=O) groups is 1. The monoisotopic (exact) mass is 365 g/mol. The number of halogens is 1. The van der Waals surface area contributed by atoms with Crippen LogP contribution in [0.1, 0.15) is 56.4 Å². The van der Waals surface area contributed by atoms with Crippen LogP contribution in [0, 0.1) is 5.82 Å². The zero-order valence-corrected chi connectivity index (χ0v) is 16.1. The molecule has 1 aliphatic rings. The van der Waals surface area contributed by atoms with Crippen molar-refractivity contribution in [3.8, 4) is 0 Å². The van der Waals surface area contributed by atoms with Gasteiger partial charge in [0, 0.05) is 0 Å². The Labute approximate surface area is 159 Å². The first kappa shape index (κ1) is 19.1. The highest BCUT2D eigenvalue weighted by Crippen LogP contribution is 2.43. The lowest BCUT2D eigenvalue weighted by molar-refractivity contribution is -0.128. The van der Waals surface area contributed by atoms with E-state index in [4.69, 9.17) is 5.21 Å². The van der Waals surface area contributed by atoms with Gasteiger partial charge in [0.05, 0.1) is 6.42 Å². The first-order valence-electron chi connectivity index (χ1n) is 8.96. The molecule has 1 aliphatic carbocycles. The molecule has 0 fully saturated rings. The van der Waals surface area contributed by atoms with E-state index in [2.05, 4.69) is 51.1 Å². The number of hydrogen-bond donors (Lipinski definition) is 2. The molecular formula is C23H24FNO2. The van der Waals surface area contributed by atoms with E-state index in [0.717, 1.165) is 27.8 Å². The second-order valence-electron chi connectivity index (χ2n) is 7.94. The zero-order valence-electron chi connectivity index (χ0n) is 16.1. The lowest BCUT2D eigenvalue weighted by atomic mass is 9.86. The fourth-order valence-electron chi connectivity index (χ4n) is 3.43. The summed E-state index contributed by atoms with van der Waals surface area (Å²) in [7, 11) is 0. The number of hydrogen-bond acceptors (Lipinski definition) is 2. The van der Waals surface area contributed by atoms with Gasteiger partial charge in [-0.3, -0.25) is 10.0 Å². The van der Waals surface area contributed by atoms with Gasteiger partial charge in [0.15, 0.2) is 0 Å². The number of fused-ring (bicyclic) bond motifs is 1. The van der Waals surface area contributed by atoms with Gasteiger partial charge in [0.1, 0.15) is 5.82 Å². The van der Waals surface area contributed by atoms with Gasteiger partial charge >= 0.3 is 0 Å². The van der Waals surface area contributed by atoms with Crippen LogP contribution < -0.4 is 5.48 Å². The molecule has 0 radical (unpaired) electrons. The van der Waals surface area contributed by atoms with E-state index in [-0.39, 0.29) is 17.7 Å². The molecule has 3 nitrogen and oxygen atoms in total. The average molecular weight is 365 g/mol. The number of nitrogens with one attached hydrogen (secondary N) is 1. The number of carbonyl (C=O) groups excluding carboxylic acids is 1. The second kappa shape index (κ2) is 7.12. The Morgan fingerprint density at radius 2 is 1.78 bits per heavy atom. The predicted molar refractivity (Wildman–Crippen MR) is 107 cm³/mol. The maximum Gasteiger partial charge on any atom is 0.247 e. The summed E-state index contributed by atoms with van der Waals surface area (Å²) in [6.07, 6.45) is 2.06. The lowest BCUT2D eigenvalue weighted by Gasteiger charge is -2.18. The van der Waals surface area contributed by atoms with Crippen molar-refractivity contribution in [3.05, 3.63) is 76.1 Å². The molecule has 2 aromatic rings. The number of hydroxylamine groups is 1. The van der Waals surface area contributed by atoms with Crippen molar-refractivity contribution in [2.24, 2.45) is 0 Å². The van der Waals surface area contributed by atoms with Crippen LogP contribution in [0.25, 0.3) is 17.2 Å². The first-order valence-corrected chi connectivity index (χ1v) is 8.96. The van der Waals surface area contributed by atoms with E-state index < -0.39 is 5.91 Å². The van der Waals surface area contributed by atoms with E-state index in [1.54, 1.807) is 11.5 Å². The van der Waals surface area contributed by atoms with Gasteiger partial charge in [-0.15, -0.1) is 0 Å². The SMILES string of the molecule is CC1=C(CC(=O)NO)c2cc(F)ccc2/C1=C/c1ccc(C(C)(C)C)cc1. The summed E-state index contributed by atoms with van der Waals surface area (Å²) in [4.78, 5) is 11.7. The molecule has 2 aromatic carbocycles. The van der Waals surface area contributed by atoms with Crippen molar-refractivity contribution < 1.29 is 14.4 Å². The summed E-state index contributed by atoms with van der Waals surface area (Å²) < 4.78 is 13.8. The van der Waals surface area contributed by atoms with Crippen LogP contribution in [0.4, 0.5) is 4.39 Å². The third-order valence-electron chi connectivity index (χ3n) is 5.00. The summed E-state index contributed by atoms with van der Waals surface area (Å²) in [5.41, 5.74) is 8.25. The quantitative estimate of drug-likeness (QED) is 0.569. The molecule has 0 atom stereocenters. The predicted octanol–water partition coefficient (Wildman–Crippen LogP) is 5.35. The van der Waals surface area contributed by atoms with Crippen LogP contribution in [0.2, 0.25) is 0 Å². The molecule has 0 aromatic heterocycles. The Bertz CT molecular complexity index is 947. The molecule has 0 saturated heterocycles. The van der Waals surface area contributed by atoms with Gasteiger partial charge in [-0.1, -0.05) is 51.1 Å². The van der Waals surface area contributed by atoms with Crippen molar-refractivity contribution in [2.75, 3.05) is 0 Å². The largest absolute Gasteiger partial charge is 0.289 e. The molecule has 27 heavy (non-hydrogen) atoms. The van der Waals surface area contributed by atoms with Gasteiger partial charge in [-0.2, -0.15) is 0 Å². The Morgan fingerprint density at radius 3 is 2.37 bits per heavy atom. The topological polar surface area (TPSA) is 49.3 Å². The standard InChI is InChI=1S/C23H24FNO2/c1-14-19(11-15-5-7-16(8-6-15)23(2,3)4)18-10-9-17(24)12-21(18)20(14)13-22(26)25-27/h5-12,27H,13H2,1-4H3,(H,25,26)/b19-11+. The van der Waals surface area contributed by atoms with Crippen LogP contribution in [0.3, 0.4) is 0 Å². The minimum Gasteiger partial charge on any atom is -0.289 e. The zero-order chi connectivity index (χ0) is 19.8. The molecule has 2 N–H and O–H groups in total. The Balaban J connectivity index is 2.06. The Hall–Kier alpha value is -2.72. The van der Waals surface area contributed by atoms with Gasteiger partial charge in [0.2, 0.25) is 5.91 Å². The van der Waals surface area contributed by atoms with Gasteiger partial charge in [0.25, 0.3) is 0 Å². The minimum absolute atomic E-state index is 0.000904. The average Bonchev–Trinajstić information content (AvgIpc) is 2.86. The molecule has 0 saturated carbocycles. The lowest BCUT2D eigenvalue weighted by Crippen LogP contribution is -2.18. The molecular weight excluding hydrogens is 341 g/mol. The highest BCUT2D eigenvalue weighted by Gasteiger charge is 2.25. The fraction of sp³-hybridized carbons (Fsp3) is 0.261. The summed E-state index contributed by atoms with van der Waals surface area (Å²) >= 11 is 0. The number of allylic oxidation sites excluding steroid dienone is 2. The Morgan fingerprint density at radius 1 is 1.11 bits per heavy atom. The molecule has 140 valence electrons. The normalized spacial score (nSPS) is 15.3. The maximum absolute atomic E-state index is 13.8. The van der Waals surface area contributed by atoms with Crippen molar-refractivity contribution in [1.29, 1.82) is 0 Å². The van der Waals surface area contributed by atoms with E-state index in [1.807, 2.05) is 6.92 Å². The van der Waals surface area contributed by atoms with Crippen molar-refractivity contribution in [2.45, 2.75) is 39.5 Å². The summed E-state index contributed by atoms with van der Waals surface area (Å²) in [5.74, 6) is -0.866. The van der Waals surface area contributed by atoms with Crippen LogP contribution >= 0.6 is 0 Å². The van der Waals surface area contributed by atoms with Crippen molar-refractivity contribution in [1.82, 2.24) is 5.48 Å². The summed E-state index contributed by atoms with van der Waals surface area (Å²) in [6.45, 7) is 8.45. The maximum atomic E-state index is 13.8. The third kappa shape index (κ3) is 3.86. The fourth-order valence-corrected chi connectivity index (χ4v) is 3.43. The van der Waals surface area contributed by atoms with Crippen LogP contribution in [0.15, 0.2) is 48.0 Å². The number of benzene rings is 2. The molecule has 0 heterocycles. The Kier molecular flexibility index (Phi) is 5.03. The highest BCUT2D eigenvalue weighted by atomic mass is 19.1. The van der Waals surface area contributed by atoms with Crippen molar-refractivity contribution in [3.63, 3.8) is 0 Å². The van der Waals surface area contributed by atoms with Gasteiger partial charge in [-0.25, -0.2) is 9.87 Å². The second-order valence-corrected chi connectivity index (χ2v) is 7.94. The molecule has 0 unspecified atom stereocenters. The van der Waals surface area contributed by atoms with Crippen LogP contribution in [0.5, 0.6) is 0 Å². The molecule has 0 aliphatic heterocycles. The number of amides is 1. The van der Waals surface area contributed by atoms with Crippen LogP contribution in [-0.2, 0) is 10.2 Å². The summed E-state index contributed by atoms with van der Waals surface area (Å²) in [6, 6.07) is 13.0. The molecule has 0 bridgehead atoms. The highest BCUT2D eigenvalue weighted by molar-refractivity contribution is 6.08. The van der Waals surface area contributed by atoms with Crippen molar-refractivity contribution >= 4 is 23.1 Å². The van der Waals surface area contributed by atoms with E-state index in [1.165, 1.54) is 17.7 Å². The van der Waals surface area contributed by atoms with E-state index in [9.17, 15) is 9.18 Å².